The Hall–Kier alpha value is -2.02. The zero-order valence-electron chi connectivity index (χ0n) is 10.7. The van der Waals surface area contributed by atoms with Gasteiger partial charge in [0.15, 0.2) is 0 Å². The van der Waals surface area contributed by atoms with Gasteiger partial charge in [-0.1, -0.05) is 0 Å². The molecule has 0 radical (unpaired) electrons. The molecule has 6 nitrogen and oxygen atoms in total. The van der Waals surface area contributed by atoms with Crippen LogP contribution in [0.4, 0.5) is 10.1 Å². The lowest BCUT2D eigenvalue weighted by Crippen LogP contribution is -2.13. The molecule has 1 aliphatic rings. The van der Waals surface area contributed by atoms with Crippen LogP contribution in [0.2, 0.25) is 0 Å². The van der Waals surface area contributed by atoms with E-state index in [2.05, 4.69) is 0 Å². The van der Waals surface area contributed by atoms with E-state index in [9.17, 15) is 19.3 Å². The first-order valence-corrected chi connectivity index (χ1v) is 6.32. The standard InChI is InChI=1S/C13H14FNO5/c14-9-3-5-11(15(17)18)12(8-9)20-13(16)6-4-10-2-1-7-19-10/h3,5,8,10H,1-2,4,6-7H2. The van der Waals surface area contributed by atoms with Crippen molar-refractivity contribution in [3.8, 4) is 5.75 Å². The molecule has 1 fully saturated rings. The Balaban J connectivity index is 1.96. The Bertz CT molecular complexity index is 513. The second kappa shape index (κ2) is 6.42. The average Bonchev–Trinajstić information content (AvgIpc) is 2.89. The molecule has 1 saturated heterocycles. The smallest absolute Gasteiger partial charge is 0.311 e. The second-order valence-electron chi connectivity index (χ2n) is 4.52. The maximum atomic E-state index is 13.1. The van der Waals surface area contributed by atoms with Gasteiger partial charge in [-0.15, -0.1) is 0 Å². The minimum atomic E-state index is -0.720. The fourth-order valence-electron chi connectivity index (χ4n) is 2.05. The van der Waals surface area contributed by atoms with Crippen LogP contribution in [0.25, 0.3) is 0 Å². The van der Waals surface area contributed by atoms with Crippen molar-refractivity contribution in [3.05, 3.63) is 34.1 Å². The summed E-state index contributed by atoms with van der Waals surface area (Å²) >= 11 is 0. The van der Waals surface area contributed by atoms with Gasteiger partial charge in [0.1, 0.15) is 5.82 Å². The highest BCUT2D eigenvalue weighted by Crippen LogP contribution is 2.28. The molecule has 0 N–H and O–H groups in total. The largest absolute Gasteiger partial charge is 0.419 e. The van der Waals surface area contributed by atoms with E-state index in [4.69, 9.17) is 9.47 Å². The second-order valence-corrected chi connectivity index (χ2v) is 4.52. The van der Waals surface area contributed by atoms with Crippen molar-refractivity contribution in [1.82, 2.24) is 0 Å². The van der Waals surface area contributed by atoms with Gasteiger partial charge in [-0.05, 0) is 25.3 Å². The van der Waals surface area contributed by atoms with Crippen molar-refractivity contribution in [2.24, 2.45) is 0 Å². The molecular weight excluding hydrogens is 269 g/mol. The van der Waals surface area contributed by atoms with E-state index in [0.717, 1.165) is 31.0 Å². The molecule has 20 heavy (non-hydrogen) atoms. The number of carbonyl (C=O) groups excluding carboxylic acids is 1. The van der Waals surface area contributed by atoms with E-state index in [0.29, 0.717) is 13.0 Å². The maximum absolute atomic E-state index is 13.1. The molecule has 7 heteroatoms. The molecular formula is C13H14FNO5. The third-order valence-corrected chi connectivity index (χ3v) is 3.04. The third-order valence-electron chi connectivity index (χ3n) is 3.04. The molecule has 1 aromatic carbocycles. The average molecular weight is 283 g/mol. The van der Waals surface area contributed by atoms with Crippen molar-refractivity contribution in [2.75, 3.05) is 6.61 Å². The lowest BCUT2D eigenvalue weighted by atomic mass is 10.1. The summed E-state index contributed by atoms with van der Waals surface area (Å²) in [6.45, 7) is 0.690. The van der Waals surface area contributed by atoms with Gasteiger partial charge in [0.05, 0.1) is 11.0 Å². The molecule has 1 atom stereocenters. The van der Waals surface area contributed by atoms with Crippen molar-refractivity contribution >= 4 is 11.7 Å². The zero-order chi connectivity index (χ0) is 14.5. The molecule has 0 spiro atoms. The summed E-state index contributed by atoms with van der Waals surface area (Å²) < 4.78 is 23.3. The van der Waals surface area contributed by atoms with Crippen LogP contribution >= 0.6 is 0 Å². The topological polar surface area (TPSA) is 78.7 Å². The number of carbonyl (C=O) groups is 1. The number of esters is 1. The first-order chi connectivity index (χ1) is 9.56. The van der Waals surface area contributed by atoms with E-state index in [-0.39, 0.29) is 18.3 Å². The van der Waals surface area contributed by atoms with E-state index in [1.807, 2.05) is 0 Å². The van der Waals surface area contributed by atoms with Crippen LogP contribution in [-0.2, 0) is 9.53 Å². The molecule has 1 aromatic rings. The maximum Gasteiger partial charge on any atom is 0.311 e. The van der Waals surface area contributed by atoms with Gasteiger partial charge in [0.25, 0.3) is 0 Å². The molecule has 1 heterocycles. The van der Waals surface area contributed by atoms with Crippen LogP contribution in [0.1, 0.15) is 25.7 Å². The van der Waals surface area contributed by atoms with Gasteiger partial charge in [-0.3, -0.25) is 14.9 Å². The molecule has 0 amide bonds. The quantitative estimate of drug-likeness (QED) is 0.359. The molecule has 0 aromatic heterocycles. The number of benzene rings is 1. The van der Waals surface area contributed by atoms with Crippen LogP contribution in [0.15, 0.2) is 18.2 Å². The Morgan fingerprint density at radius 1 is 1.55 bits per heavy atom. The monoisotopic (exact) mass is 283 g/mol. The van der Waals surface area contributed by atoms with Gasteiger partial charge in [0.2, 0.25) is 5.75 Å². The summed E-state index contributed by atoms with van der Waals surface area (Å²) in [6, 6.07) is 2.75. The summed E-state index contributed by atoms with van der Waals surface area (Å²) in [5.74, 6) is -1.70. The molecule has 0 aliphatic carbocycles. The molecule has 108 valence electrons. The Morgan fingerprint density at radius 3 is 3.00 bits per heavy atom. The van der Waals surface area contributed by atoms with Crippen molar-refractivity contribution < 1.29 is 23.6 Å². The number of hydrogen-bond donors (Lipinski definition) is 0. The zero-order valence-corrected chi connectivity index (χ0v) is 10.7. The summed E-state index contributed by atoms with van der Waals surface area (Å²) in [6.07, 6.45) is 2.48. The van der Waals surface area contributed by atoms with Crippen LogP contribution < -0.4 is 4.74 Å². The van der Waals surface area contributed by atoms with Crippen molar-refractivity contribution in [3.63, 3.8) is 0 Å². The minimum absolute atomic E-state index is 0.0324. The molecule has 0 bridgehead atoms. The summed E-state index contributed by atoms with van der Waals surface area (Å²) in [5, 5.41) is 10.8. The lowest BCUT2D eigenvalue weighted by Gasteiger charge is -2.09. The summed E-state index contributed by atoms with van der Waals surface area (Å²) in [7, 11) is 0. The van der Waals surface area contributed by atoms with E-state index >= 15 is 0 Å². The molecule has 0 saturated carbocycles. The number of halogens is 1. The SMILES string of the molecule is O=C(CCC1CCCO1)Oc1cc(F)ccc1[N+](=O)[O-]. The lowest BCUT2D eigenvalue weighted by molar-refractivity contribution is -0.385. The first-order valence-electron chi connectivity index (χ1n) is 6.32. The van der Waals surface area contributed by atoms with Crippen molar-refractivity contribution in [2.45, 2.75) is 31.8 Å². The Kier molecular flexibility index (Phi) is 4.62. The van der Waals surface area contributed by atoms with E-state index in [1.165, 1.54) is 0 Å². The van der Waals surface area contributed by atoms with E-state index < -0.39 is 22.4 Å². The number of nitrogens with zero attached hydrogens (tertiary/aromatic N) is 1. The van der Waals surface area contributed by atoms with Gasteiger partial charge in [-0.2, -0.15) is 0 Å². The first kappa shape index (κ1) is 14.4. The predicted molar refractivity (Wildman–Crippen MR) is 66.9 cm³/mol. The normalized spacial score (nSPS) is 17.9. The van der Waals surface area contributed by atoms with Gasteiger partial charge in [-0.25, -0.2) is 4.39 Å². The number of hydrogen-bond acceptors (Lipinski definition) is 5. The Labute approximate surface area is 114 Å². The highest BCUT2D eigenvalue weighted by molar-refractivity contribution is 5.73. The highest BCUT2D eigenvalue weighted by Gasteiger charge is 2.21. The van der Waals surface area contributed by atoms with Gasteiger partial charge < -0.3 is 9.47 Å². The van der Waals surface area contributed by atoms with Gasteiger partial charge >= 0.3 is 11.7 Å². The van der Waals surface area contributed by atoms with Gasteiger partial charge in [0, 0.05) is 25.2 Å². The number of ether oxygens (including phenoxy) is 2. The number of rotatable bonds is 5. The Morgan fingerprint density at radius 2 is 2.35 bits per heavy atom. The van der Waals surface area contributed by atoms with Crippen LogP contribution in [-0.4, -0.2) is 23.6 Å². The number of nitro groups is 1. The molecule has 2 rings (SSSR count). The van der Waals surface area contributed by atoms with Crippen LogP contribution in [0.5, 0.6) is 5.75 Å². The fourth-order valence-corrected chi connectivity index (χ4v) is 2.05. The van der Waals surface area contributed by atoms with Crippen LogP contribution in [0.3, 0.4) is 0 Å². The summed E-state index contributed by atoms with van der Waals surface area (Å²) in [5.41, 5.74) is -0.433. The highest BCUT2D eigenvalue weighted by atomic mass is 19.1. The fraction of sp³-hybridized carbons (Fsp3) is 0.462. The van der Waals surface area contributed by atoms with E-state index in [1.54, 1.807) is 0 Å². The third kappa shape index (κ3) is 3.74. The van der Waals surface area contributed by atoms with Crippen LogP contribution in [0, 0.1) is 15.9 Å². The van der Waals surface area contributed by atoms with Crippen molar-refractivity contribution in [1.29, 1.82) is 0 Å². The summed E-state index contributed by atoms with van der Waals surface area (Å²) in [4.78, 5) is 21.7. The number of nitro benzene ring substituents is 1. The molecule has 1 unspecified atom stereocenters. The predicted octanol–water partition coefficient (Wildman–Crippen LogP) is 2.60. The molecule has 1 aliphatic heterocycles. The minimum Gasteiger partial charge on any atom is -0.419 e.